The monoisotopic (exact) mass is 900 g/mol. The van der Waals surface area contributed by atoms with Crippen LogP contribution in [0.5, 0.6) is 0 Å². The molecule has 0 aliphatic carbocycles. The molecule has 4 aromatic carbocycles. The molecule has 0 saturated carbocycles. The van der Waals surface area contributed by atoms with Crippen LogP contribution in [-0.4, -0.2) is 50.2 Å². The average Bonchev–Trinajstić information content (AvgIpc) is 3.91. The number of thiocarbonyl (C=S) groups is 2. The van der Waals surface area contributed by atoms with Crippen LogP contribution in [0.4, 0.5) is 26.3 Å². The number of benzene rings is 4. The molecule has 0 bridgehead atoms. The number of aromatic nitrogens is 8. The number of aromatic amines is 2. The van der Waals surface area contributed by atoms with Gasteiger partial charge in [0.25, 0.3) is 0 Å². The summed E-state index contributed by atoms with van der Waals surface area (Å²) in [5.74, 6) is 0.332. The molecule has 302 valence electrons. The van der Waals surface area contributed by atoms with Gasteiger partial charge in [-0.25, -0.2) is 9.97 Å². The van der Waals surface area contributed by atoms with E-state index in [1.807, 2.05) is 24.3 Å². The minimum Gasteiger partial charge on any atom is -0.753 e. The fourth-order valence-electron chi connectivity index (χ4n) is 6.82. The molecule has 10 nitrogen and oxygen atoms in total. The molecule has 0 radical (unpaired) electrons. The second-order valence-electron chi connectivity index (χ2n) is 12.5. The van der Waals surface area contributed by atoms with E-state index in [1.165, 1.54) is 34.6 Å². The molecule has 0 saturated heterocycles. The SMILES string of the molecule is FC(F)(F)c1ccccc1-c1nc2c3cccnc3c3ncccc3c2[nH]1.FC(F)(F)c1ccccc1-c1nc2c3cccnc3c3ncccc3c2[nH]1.[Fe+2].[N-]=C=S.[N-]=C=S. The van der Waals surface area contributed by atoms with Gasteiger partial charge in [-0.2, -0.15) is 36.7 Å². The largest absolute Gasteiger partial charge is 2.00 e. The number of pyridine rings is 4. The molecule has 0 atom stereocenters. The summed E-state index contributed by atoms with van der Waals surface area (Å²) in [6.45, 7) is 0. The van der Waals surface area contributed by atoms with Crippen molar-refractivity contribution in [2.45, 2.75) is 12.4 Å². The molecule has 0 aliphatic heterocycles. The number of isothiocyanates is 2. The number of rotatable bonds is 2. The zero-order chi connectivity index (χ0) is 42.6. The van der Waals surface area contributed by atoms with Crippen LogP contribution >= 0.6 is 24.4 Å². The maximum Gasteiger partial charge on any atom is 2.00 e. The van der Waals surface area contributed by atoms with Crippen LogP contribution in [0.3, 0.4) is 0 Å². The molecule has 0 amide bonds. The molecule has 2 N–H and O–H groups in total. The van der Waals surface area contributed by atoms with E-state index in [1.54, 1.807) is 61.2 Å². The average molecular weight is 901 g/mol. The first-order valence-corrected chi connectivity index (χ1v) is 18.1. The Hall–Kier alpha value is -6.84. The van der Waals surface area contributed by atoms with Crippen molar-refractivity contribution in [3.8, 4) is 22.8 Å². The first-order chi connectivity index (χ1) is 28.9. The topological polar surface area (TPSA) is 154 Å². The minimum absolute atomic E-state index is 0. The first kappa shape index (κ1) is 43.7. The predicted octanol–water partition coefficient (Wildman–Crippen LogP) is 12.0. The molecule has 19 heteroatoms. The second-order valence-corrected chi connectivity index (χ2v) is 12.9. The quantitative estimate of drug-likeness (QED) is 0.0571. The van der Waals surface area contributed by atoms with Gasteiger partial charge in [0, 0.05) is 57.5 Å². The number of halogens is 6. The molecule has 0 unspecified atom stereocenters. The van der Waals surface area contributed by atoms with Crippen molar-refractivity contribution in [2.24, 2.45) is 0 Å². The Morgan fingerprint density at radius 2 is 0.738 bits per heavy atom. The molecule has 0 aliphatic rings. The Balaban J connectivity index is 0.000000178. The summed E-state index contributed by atoms with van der Waals surface area (Å²) >= 11 is 7.40. The standard InChI is InChI=1S/2C20H11F3N4.2CNS.Fe/c2*21-20(22,23)14-8-2-1-5-11(14)19-26-17-12-6-3-9-24-15(12)16-13(18(17)27-19)7-4-10-25-16;2*2-1-3;/h2*1-10H,(H,26,27);;;/q;;2*-1;+2. The van der Waals surface area contributed by atoms with E-state index < -0.39 is 23.5 Å². The Morgan fingerprint density at radius 1 is 0.443 bits per heavy atom. The summed E-state index contributed by atoms with van der Waals surface area (Å²) < 4.78 is 80.6. The van der Waals surface area contributed by atoms with Gasteiger partial charge in [-0.05, 0) is 60.7 Å². The molecule has 61 heavy (non-hydrogen) atoms. The van der Waals surface area contributed by atoms with E-state index in [2.05, 4.69) is 64.3 Å². The summed E-state index contributed by atoms with van der Waals surface area (Å²) in [4.78, 5) is 32.8. The number of nitrogens with zero attached hydrogens (tertiary/aromatic N) is 8. The van der Waals surface area contributed by atoms with Crippen LogP contribution < -0.4 is 0 Å². The number of hydrogen-bond donors (Lipinski definition) is 2. The minimum atomic E-state index is -4.47. The summed E-state index contributed by atoms with van der Waals surface area (Å²) in [5, 5.41) is 19.9. The van der Waals surface area contributed by atoms with Gasteiger partial charge < -0.3 is 20.8 Å². The fourth-order valence-corrected chi connectivity index (χ4v) is 6.82. The zero-order valence-corrected chi connectivity index (χ0v) is 33.3. The number of H-pyrrole nitrogens is 2. The zero-order valence-electron chi connectivity index (χ0n) is 30.6. The van der Waals surface area contributed by atoms with Gasteiger partial charge in [0.1, 0.15) is 11.6 Å². The third-order valence-electron chi connectivity index (χ3n) is 9.11. The van der Waals surface area contributed by atoms with Gasteiger partial charge in [0.15, 0.2) is 0 Å². The predicted molar refractivity (Wildman–Crippen MR) is 226 cm³/mol. The van der Waals surface area contributed by atoms with E-state index in [0.717, 1.165) is 33.7 Å². The third kappa shape index (κ3) is 8.60. The number of nitrogens with one attached hydrogen (secondary N) is 2. The second kappa shape index (κ2) is 18.2. The normalized spacial score (nSPS) is 11.1. The van der Waals surface area contributed by atoms with Crippen LogP contribution in [0.2, 0.25) is 0 Å². The van der Waals surface area contributed by atoms with Gasteiger partial charge in [-0.1, -0.05) is 60.8 Å². The number of imidazole rings is 2. The molecular formula is C42H22F6FeN10S2. The summed E-state index contributed by atoms with van der Waals surface area (Å²) in [7, 11) is 0. The first-order valence-electron chi connectivity index (χ1n) is 17.3. The van der Waals surface area contributed by atoms with Crippen molar-refractivity contribution < 1.29 is 43.4 Å². The number of hydrogen-bond acceptors (Lipinski definition) is 8. The summed E-state index contributed by atoms with van der Waals surface area (Å²) in [6.07, 6.45) is -2.29. The molecular weight excluding hydrogens is 878 g/mol. The van der Waals surface area contributed by atoms with E-state index >= 15 is 0 Å². The van der Waals surface area contributed by atoms with Gasteiger partial charge >= 0.3 is 29.4 Å². The molecule has 6 aromatic heterocycles. The number of alkyl halides is 6. The van der Waals surface area contributed by atoms with Gasteiger partial charge in [-0.3, -0.25) is 19.9 Å². The number of fused-ring (bicyclic) bond motifs is 12. The third-order valence-corrected chi connectivity index (χ3v) is 9.11. The van der Waals surface area contributed by atoms with E-state index in [0.29, 0.717) is 44.1 Å². The summed E-state index contributed by atoms with van der Waals surface area (Å²) in [6, 6.07) is 25.3. The Morgan fingerprint density at radius 3 is 1.07 bits per heavy atom. The maximum absolute atomic E-state index is 13.4. The molecule has 0 fully saturated rings. The van der Waals surface area contributed by atoms with Crippen molar-refractivity contribution in [1.82, 2.24) is 39.9 Å². The molecule has 0 spiro atoms. The molecule has 10 rings (SSSR count). The van der Waals surface area contributed by atoms with E-state index in [4.69, 9.17) is 10.8 Å². The van der Waals surface area contributed by atoms with Gasteiger partial charge in [0.2, 0.25) is 0 Å². The van der Waals surface area contributed by atoms with Gasteiger partial charge in [0.05, 0.1) is 55.3 Å². The van der Waals surface area contributed by atoms with Crippen molar-refractivity contribution in [3.05, 3.63) is 144 Å². The van der Waals surface area contributed by atoms with Crippen LogP contribution in [0.1, 0.15) is 11.1 Å². The van der Waals surface area contributed by atoms with Crippen molar-refractivity contribution in [1.29, 1.82) is 0 Å². The smallest absolute Gasteiger partial charge is 0.753 e. The van der Waals surface area contributed by atoms with Gasteiger partial charge in [-0.15, -0.1) is 0 Å². The fraction of sp³-hybridized carbons (Fsp3) is 0.0476. The Labute approximate surface area is 361 Å². The summed E-state index contributed by atoms with van der Waals surface area (Å²) in [5.41, 5.74) is 3.70. The van der Waals surface area contributed by atoms with Crippen molar-refractivity contribution >= 4 is 100 Å². The van der Waals surface area contributed by atoms with Crippen molar-refractivity contribution in [3.63, 3.8) is 0 Å². The Kier molecular flexibility index (Phi) is 13.0. The van der Waals surface area contributed by atoms with Crippen LogP contribution in [-0.2, 0) is 29.4 Å². The van der Waals surface area contributed by atoms with Crippen molar-refractivity contribution in [2.75, 3.05) is 0 Å². The molecule has 6 heterocycles. The van der Waals surface area contributed by atoms with Crippen LogP contribution in [0, 0.1) is 0 Å². The Bertz CT molecular complexity index is 2920. The van der Waals surface area contributed by atoms with Crippen LogP contribution in [0.15, 0.2) is 122 Å². The van der Waals surface area contributed by atoms with Crippen LogP contribution in [0.25, 0.3) is 99.3 Å². The van der Waals surface area contributed by atoms with E-state index in [-0.39, 0.29) is 39.8 Å². The maximum atomic E-state index is 13.4. The molecule has 10 aromatic rings. The van der Waals surface area contributed by atoms with E-state index in [9.17, 15) is 26.3 Å².